The number of benzene rings is 1. The molecule has 2 aromatic rings. The Labute approximate surface area is 132 Å². The summed E-state index contributed by atoms with van der Waals surface area (Å²) in [5.74, 6) is 0.0747. The van der Waals surface area contributed by atoms with Crippen molar-refractivity contribution >= 4 is 15.7 Å². The van der Waals surface area contributed by atoms with Gasteiger partial charge in [-0.25, -0.2) is 8.42 Å². The number of aryl methyl sites for hydroxylation is 1. The Hall–Kier alpha value is -1.88. The fourth-order valence-electron chi connectivity index (χ4n) is 2.32. The van der Waals surface area contributed by atoms with Gasteiger partial charge in [0.2, 0.25) is 10.0 Å². The van der Waals surface area contributed by atoms with Crippen LogP contribution in [0.4, 0.5) is 5.69 Å². The highest BCUT2D eigenvalue weighted by Gasteiger charge is 2.21. The first-order valence-electron chi connectivity index (χ1n) is 7.55. The molecule has 118 valence electrons. The van der Waals surface area contributed by atoms with E-state index in [4.69, 9.17) is 0 Å². The van der Waals surface area contributed by atoms with Crippen LogP contribution < -0.4 is 4.31 Å². The molecule has 0 amide bonds. The molecule has 0 saturated carbocycles. The van der Waals surface area contributed by atoms with E-state index in [-0.39, 0.29) is 5.75 Å². The highest BCUT2D eigenvalue weighted by molar-refractivity contribution is 7.92. The van der Waals surface area contributed by atoms with Crippen molar-refractivity contribution in [3.05, 3.63) is 59.9 Å². The lowest BCUT2D eigenvalue weighted by atomic mass is 10.1. The van der Waals surface area contributed by atoms with Crippen molar-refractivity contribution in [2.75, 3.05) is 10.1 Å². The van der Waals surface area contributed by atoms with Crippen LogP contribution in [0.15, 0.2) is 48.8 Å². The topological polar surface area (TPSA) is 50.3 Å². The van der Waals surface area contributed by atoms with Crippen molar-refractivity contribution in [2.24, 2.45) is 0 Å². The lowest BCUT2D eigenvalue weighted by Crippen LogP contribution is -2.32. The summed E-state index contributed by atoms with van der Waals surface area (Å²) >= 11 is 0. The summed E-state index contributed by atoms with van der Waals surface area (Å²) in [5, 5.41) is 0. The Morgan fingerprint density at radius 3 is 2.50 bits per heavy atom. The van der Waals surface area contributed by atoms with Gasteiger partial charge in [-0.1, -0.05) is 31.5 Å². The summed E-state index contributed by atoms with van der Waals surface area (Å²) in [6.07, 6.45) is 5.37. The molecule has 1 heterocycles. The van der Waals surface area contributed by atoms with Gasteiger partial charge in [0.15, 0.2) is 0 Å². The number of rotatable bonds is 7. The number of hydrogen-bond acceptors (Lipinski definition) is 3. The molecule has 0 unspecified atom stereocenters. The third-order valence-electron chi connectivity index (χ3n) is 3.49. The molecule has 22 heavy (non-hydrogen) atoms. The number of aromatic nitrogens is 1. The summed E-state index contributed by atoms with van der Waals surface area (Å²) in [6, 6.07) is 11.5. The Balaban J connectivity index is 2.38. The molecule has 1 aromatic heterocycles. The van der Waals surface area contributed by atoms with Crippen LogP contribution in [0, 0.1) is 0 Å². The van der Waals surface area contributed by atoms with E-state index in [1.54, 1.807) is 19.3 Å². The summed E-state index contributed by atoms with van der Waals surface area (Å²) in [4.78, 5) is 4.06. The maximum absolute atomic E-state index is 12.5. The van der Waals surface area contributed by atoms with Crippen molar-refractivity contribution < 1.29 is 8.42 Å². The van der Waals surface area contributed by atoms with Crippen molar-refractivity contribution in [3.63, 3.8) is 0 Å². The first kappa shape index (κ1) is 16.5. The summed E-state index contributed by atoms with van der Waals surface area (Å²) in [5.41, 5.74) is 2.75. The third kappa shape index (κ3) is 4.07. The van der Waals surface area contributed by atoms with Crippen LogP contribution >= 0.6 is 0 Å². The Kier molecular flexibility index (Phi) is 5.55. The van der Waals surface area contributed by atoms with Crippen molar-refractivity contribution in [3.8, 4) is 0 Å². The Morgan fingerprint density at radius 1 is 1.09 bits per heavy atom. The minimum atomic E-state index is -3.34. The first-order valence-corrected chi connectivity index (χ1v) is 9.16. The van der Waals surface area contributed by atoms with Gasteiger partial charge in [-0.05, 0) is 42.7 Å². The second kappa shape index (κ2) is 7.40. The van der Waals surface area contributed by atoms with Crippen LogP contribution in [0.3, 0.4) is 0 Å². The average molecular weight is 318 g/mol. The number of pyridine rings is 1. The molecule has 2 rings (SSSR count). The molecule has 0 fully saturated rings. The standard InChI is InChI=1S/C17H22N2O2S/c1-3-7-15-8-5-10-17(12-15)19(22(20,21)4-2)14-16-9-6-11-18-13-16/h5-6,8-13H,3-4,7,14H2,1-2H3. The molecular formula is C17H22N2O2S. The molecule has 0 aliphatic carbocycles. The van der Waals surface area contributed by atoms with Crippen LogP contribution in [0.1, 0.15) is 31.4 Å². The quantitative estimate of drug-likeness (QED) is 0.786. The molecule has 0 radical (unpaired) electrons. The van der Waals surface area contributed by atoms with Crippen LogP contribution in [-0.4, -0.2) is 19.2 Å². The molecule has 0 saturated heterocycles. The van der Waals surface area contributed by atoms with Crippen LogP contribution in [0.2, 0.25) is 0 Å². The highest BCUT2D eigenvalue weighted by atomic mass is 32.2. The molecule has 1 aromatic carbocycles. The maximum atomic E-state index is 12.5. The number of nitrogens with zero attached hydrogens (tertiary/aromatic N) is 2. The molecule has 0 N–H and O–H groups in total. The van der Waals surface area contributed by atoms with Crippen LogP contribution in [0.5, 0.6) is 0 Å². The molecule has 0 atom stereocenters. The molecule has 0 aliphatic heterocycles. The number of sulfonamides is 1. The molecule has 5 heteroatoms. The molecular weight excluding hydrogens is 296 g/mol. The van der Waals surface area contributed by atoms with Crippen molar-refractivity contribution in [1.29, 1.82) is 0 Å². The molecule has 0 aliphatic rings. The SMILES string of the molecule is CCCc1cccc(N(Cc2cccnc2)S(=O)(=O)CC)c1. The average Bonchev–Trinajstić information content (AvgIpc) is 2.54. The van der Waals surface area contributed by atoms with Crippen LogP contribution in [-0.2, 0) is 23.0 Å². The van der Waals surface area contributed by atoms with Gasteiger partial charge < -0.3 is 0 Å². The predicted molar refractivity (Wildman–Crippen MR) is 90.3 cm³/mol. The zero-order valence-corrected chi connectivity index (χ0v) is 13.9. The van der Waals surface area contributed by atoms with E-state index in [1.807, 2.05) is 36.4 Å². The molecule has 0 spiro atoms. The van der Waals surface area contributed by atoms with E-state index in [1.165, 1.54) is 4.31 Å². The van der Waals surface area contributed by atoms with E-state index < -0.39 is 10.0 Å². The van der Waals surface area contributed by atoms with Gasteiger partial charge in [0.1, 0.15) is 0 Å². The first-order chi connectivity index (χ1) is 10.6. The summed E-state index contributed by atoms with van der Waals surface area (Å²) in [6.45, 7) is 4.09. The zero-order chi connectivity index (χ0) is 16.0. The minimum Gasteiger partial charge on any atom is -0.266 e. The fourth-order valence-corrected chi connectivity index (χ4v) is 3.41. The van der Waals surface area contributed by atoms with Gasteiger partial charge in [-0.3, -0.25) is 9.29 Å². The molecule has 4 nitrogen and oxygen atoms in total. The monoisotopic (exact) mass is 318 g/mol. The zero-order valence-electron chi connectivity index (χ0n) is 13.1. The second-order valence-corrected chi connectivity index (χ2v) is 7.37. The van der Waals surface area contributed by atoms with Crippen LogP contribution in [0.25, 0.3) is 0 Å². The van der Waals surface area contributed by atoms with Crippen molar-refractivity contribution in [2.45, 2.75) is 33.2 Å². The largest absolute Gasteiger partial charge is 0.266 e. The Morgan fingerprint density at radius 2 is 1.86 bits per heavy atom. The summed E-state index contributed by atoms with van der Waals surface area (Å²) in [7, 11) is -3.34. The van der Waals surface area contributed by atoms with Gasteiger partial charge in [0, 0.05) is 12.4 Å². The van der Waals surface area contributed by atoms with Crippen molar-refractivity contribution in [1.82, 2.24) is 4.98 Å². The highest BCUT2D eigenvalue weighted by Crippen LogP contribution is 2.23. The number of anilines is 1. The lowest BCUT2D eigenvalue weighted by molar-refractivity contribution is 0.591. The van der Waals surface area contributed by atoms with E-state index in [2.05, 4.69) is 11.9 Å². The lowest BCUT2D eigenvalue weighted by Gasteiger charge is -2.24. The van der Waals surface area contributed by atoms with Gasteiger partial charge in [0.25, 0.3) is 0 Å². The van der Waals surface area contributed by atoms with E-state index in [0.29, 0.717) is 6.54 Å². The predicted octanol–water partition coefficient (Wildman–Crippen LogP) is 3.39. The minimum absolute atomic E-state index is 0.0747. The summed E-state index contributed by atoms with van der Waals surface area (Å²) < 4.78 is 26.4. The van der Waals surface area contributed by atoms with Gasteiger partial charge >= 0.3 is 0 Å². The maximum Gasteiger partial charge on any atom is 0.235 e. The smallest absolute Gasteiger partial charge is 0.235 e. The van der Waals surface area contributed by atoms with E-state index >= 15 is 0 Å². The second-order valence-electron chi connectivity index (χ2n) is 5.19. The van der Waals surface area contributed by atoms with Gasteiger partial charge in [-0.2, -0.15) is 0 Å². The normalized spacial score (nSPS) is 11.4. The Bertz CT molecular complexity index is 700. The van der Waals surface area contributed by atoms with E-state index in [0.717, 1.165) is 29.7 Å². The van der Waals surface area contributed by atoms with Gasteiger partial charge in [0.05, 0.1) is 18.0 Å². The third-order valence-corrected chi connectivity index (χ3v) is 5.23. The number of hydrogen-bond donors (Lipinski definition) is 0. The fraction of sp³-hybridized carbons (Fsp3) is 0.353. The van der Waals surface area contributed by atoms with E-state index in [9.17, 15) is 8.42 Å². The molecule has 0 bridgehead atoms. The van der Waals surface area contributed by atoms with Gasteiger partial charge in [-0.15, -0.1) is 0 Å².